The Hall–Kier alpha value is -2.11. The van der Waals surface area contributed by atoms with Crippen LogP contribution in [0.4, 0.5) is 4.39 Å². The van der Waals surface area contributed by atoms with E-state index < -0.39 is 12.1 Å². The standard InChI is InChI=1S/C14H16FNO4/c1-9(20-12-6-2-10(15)3-7-12)14(18)19-8-13(17)16-11-4-5-11/h2-3,6-7,9,11H,4-5,8H2,1H3,(H,16,17)/t9-/m0/s1. The lowest BCUT2D eigenvalue weighted by Crippen LogP contribution is -2.33. The van der Waals surface area contributed by atoms with E-state index in [0.29, 0.717) is 5.75 Å². The van der Waals surface area contributed by atoms with Crippen molar-refractivity contribution in [3.63, 3.8) is 0 Å². The second-order valence-corrected chi connectivity index (χ2v) is 4.66. The van der Waals surface area contributed by atoms with Crippen LogP contribution in [0.15, 0.2) is 24.3 Å². The van der Waals surface area contributed by atoms with Crippen molar-refractivity contribution in [2.24, 2.45) is 0 Å². The molecule has 1 fully saturated rings. The first kappa shape index (κ1) is 14.3. The number of hydrogen-bond acceptors (Lipinski definition) is 4. The first-order valence-electron chi connectivity index (χ1n) is 6.43. The van der Waals surface area contributed by atoms with Crippen molar-refractivity contribution >= 4 is 11.9 Å². The van der Waals surface area contributed by atoms with Gasteiger partial charge in [0.15, 0.2) is 12.7 Å². The maximum Gasteiger partial charge on any atom is 0.347 e. The summed E-state index contributed by atoms with van der Waals surface area (Å²) in [5.41, 5.74) is 0. The number of carbonyl (C=O) groups excluding carboxylic acids is 2. The maximum atomic E-state index is 12.7. The molecule has 0 radical (unpaired) electrons. The molecule has 1 aliphatic rings. The zero-order chi connectivity index (χ0) is 14.5. The molecule has 0 heterocycles. The Bertz CT molecular complexity index is 484. The van der Waals surface area contributed by atoms with Gasteiger partial charge in [-0.15, -0.1) is 0 Å². The average Bonchev–Trinajstić information content (AvgIpc) is 3.22. The van der Waals surface area contributed by atoms with Crippen molar-refractivity contribution in [1.82, 2.24) is 5.32 Å². The molecule has 1 aliphatic carbocycles. The van der Waals surface area contributed by atoms with Crippen molar-refractivity contribution in [3.8, 4) is 5.75 Å². The quantitative estimate of drug-likeness (QED) is 0.801. The minimum Gasteiger partial charge on any atom is -0.479 e. The van der Waals surface area contributed by atoms with Crippen molar-refractivity contribution in [3.05, 3.63) is 30.1 Å². The van der Waals surface area contributed by atoms with Gasteiger partial charge in [-0.1, -0.05) is 0 Å². The van der Waals surface area contributed by atoms with Gasteiger partial charge in [-0.3, -0.25) is 4.79 Å². The molecule has 1 aromatic rings. The number of halogens is 1. The predicted molar refractivity (Wildman–Crippen MR) is 68.6 cm³/mol. The Morgan fingerprint density at radius 2 is 2.00 bits per heavy atom. The zero-order valence-electron chi connectivity index (χ0n) is 11.1. The van der Waals surface area contributed by atoms with Crippen LogP contribution in [0.25, 0.3) is 0 Å². The Morgan fingerprint density at radius 1 is 1.35 bits per heavy atom. The summed E-state index contributed by atoms with van der Waals surface area (Å²) in [6, 6.07) is 5.53. The highest BCUT2D eigenvalue weighted by Gasteiger charge is 2.24. The van der Waals surface area contributed by atoms with E-state index in [1.165, 1.54) is 31.2 Å². The Morgan fingerprint density at radius 3 is 2.60 bits per heavy atom. The minimum atomic E-state index is -0.866. The summed E-state index contributed by atoms with van der Waals surface area (Å²) in [6.45, 7) is 1.19. The lowest BCUT2D eigenvalue weighted by molar-refractivity contribution is -0.154. The molecule has 1 atom stereocenters. The van der Waals surface area contributed by atoms with E-state index in [1.807, 2.05) is 0 Å². The van der Waals surface area contributed by atoms with Gasteiger partial charge in [0.25, 0.3) is 5.91 Å². The van der Waals surface area contributed by atoms with Crippen LogP contribution in [0.2, 0.25) is 0 Å². The molecule has 0 bridgehead atoms. The fourth-order valence-electron chi connectivity index (χ4n) is 1.52. The van der Waals surface area contributed by atoms with Crippen LogP contribution in [-0.2, 0) is 14.3 Å². The number of hydrogen-bond donors (Lipinski definition) is 1. The molecule has 0 aromatic heterocycles. The van der Waals surface area contributed by atoms with Gasteiger partial charge in [0, 0.05) is 6.04 Å². The van der Waals surface area contributed by atoms with Gasteiger partial charge in [0.05, 0.1) is 0 Å². The summed E-state index contributed by atoms with van der Waals surface area (Å²) < 4.78 is 22.8. The molecule has 0 saturated heterocycles. The molecule has 1 saturated carbocycles. The SMILES string of the molecule is C[C@H](Oc1ccc(F)cc1)C(=O)OCC(=O)NC1CC1. The molecule has 0 aliphatic heterocycles. The Balaban J connectivity index is 1.73. The van der Waals surface area contributed by atoms with E-state index in [2.05, 4.69) is 5.32 Å². The summed E-state index contributed by atoms with van der Waals surface area (Å²) in [5.74, 6) is -0.974. The molecule has 1 N–H and O–H groups in total. The minimum absolute atomic E-state index is 0.231. The van der Waals surface area contributed by atoms with Gasteiger partial charge in [-0.2, -0.15) is 0 Å². The first-order valence-corrected chi connectivity index (χ1v) is 6.43. The van der Waals surface area contributed by atoms with Crippen LogP contribution in [0.3, 0.4) is 0 Å². The van der Waals surface area contributed by atoms with E-state index >= 15 is 0 Å². The van der Waals surface area contributed by atoms with Gasteiger partial charge in [0.1, 0.15) is 11.6 Å². The summed E-state index contributed by atoms with van der Waals surface area (Å²) in [4.78, 5) is 23.0. The molecule has 6 heteroatoms. The monoisotopic (exact) mass is 281 g/mol. The molecule has 1 aromatic carbocycles. The van der Waals surface area contributed by atoms with E-state index in [-0.39, 0.29) is 24.4 Å². The normalized spacial score (nSPS) is 15.3. The van der Waals surface area contributed by atoms with Crippen LogP contribution in [0.1, 0.15) is 19.8 Å². The lowest BCUT2D eigenvalue weighted by Gasteiger charge is -2.13. The molecule has 108 valence electrons. The number of rotatable bonds is 6. The van der Waals surface area contributed by atoms with Crippen LogP contribution >= 0.6 is 0 Å². The van der Waals surface area contributed by atoms with Crippen molar-refractivity contribution < 1.29 is 23.5 Å². The fraction of sp³-hybridized carbons (Fsp3) is 0.429. The van der Waals surface area contributed by atoms with Crippen LogP contribution in [0.5, 0.6) is 5.75 Å². The van der Waals surface area contributed by atoms with Gasteiger partial charge >= 0.3 is 5.97 Å². The van der Waals surface area contributed by atoms with E-state index in [4.69, 9.17) is 9.47 Å². The second kappa shape index (κ2) is 6.36. The first-order chi connectivity index (χ1) is 9.54. The third-order valence-electron chi connectivity index (χ3n) is 2.75. The Labute approximate surface area is 116 Å². The smallest absolute Gasteiger partial charge is 0.347 e. The molecule has 5 nitrogen and oxygen atoms in total. The van der Waals surface area contributed by atoms with Crippen molar-refractivity contribution in [1.29, 1.82) is 0 Å². The number of amides is 1. The number of benzene rings is 1. The van der Waals surface area contributed by atoms with Gasteiger partial charge < -0.3 is 14.8 Å². The molecule has 0 unspecified atom stereocenters. The van der Waals surface area contributed by atoms with Crippen molar-refractivity contribution in [2.45, 2.75) is 31.9 Å². The highest BCUT2D eigenvalue weighted by atomic mass is 19.1. The molecular weight excluding hydrogens is 265 g/mol. The highest BCUT2D eigenvalue weighted by Crippen LogP contribution is 2.18. The number of ether oxygens (including phenoxy) is 2. The zero-order valence-corrected chi connectivity index (χ0v) is 11.1. The van der Waals surface area contributed by atoms with Gasteiger partial charge in [-0.05, 0) is 44.0 Å². The van der Waals surface area contributed by atoms with Crippen molar-refractivity contribution in [2.75, 3.05) is 6.61 Å². The molecular formula is C14H16FNO4. The molecule has 0 spiro atoms. The van der Waals surface area contributed by atoms with E-state index in [1.54, 1.807) is 0 Å². The van der Waals surface area contributed by atoms with Crippen LogP contribution < -0.4 is 10.1 Å². The van der Waals surface area contributed by atoms with E-state index in [0.717, 1.165) is 12.8 Å². The number of nitrogens with one attached hydrogen (secondary N) is 1. The summed E-state index contributed by atoms with van der Waals surface area (Å²) >= 11 is 0. The van der Waals surface area contributed by atoms with Crippen LogP contribution in [-0.4, -0.2) is 30.6 Å². The topological polar surface area (TPSA) is 64.6 Å². The summed E-state index contributed by atoms with van der Waals surface area (Å²) in [5, 5.41) is 2.71. The highest BCUT2D eigenvalue weighted by molar-refractivity contribution is 5.82. The number of carbonyl (C=O) groups is 2. The van der Waals surface area contributed by atoms with Gasteiger partial charge in [0.2, 0.25) is 0 Å². The largest absolute Gasteiger partial charge is 0.479 e. The molecule has 1 amide bonds. The maximum absolute atomic E-state index is 12.7. The predicted octanol–water partition coefficient (Wildman–Crippen LogP) is 1.41. The third kappa shape index (κ3) is 4.53. The second-order valence-electron chi connectivity index (χ2n) is 4.66. The van der Waals surface area contributed by atoms with E-state index in [9.17, 15) is 14.0 Å². The fourth-order valence-corrected chi connectivity index (χ4v) is 1.52. The summed E-state index contributed by atoms with van der Waals surface area (Å²) in [6.07, 6.45) is 1.09. The van der Waals surface area contributed by atoms with Gasteiger partial charge in [-0.25, -0.2) is 9.18 Å². The average molecular weight is 281 g/mol. The lowest BCUT2D eigenvalue weighted by atomic mass is 10.3. The summed E-state index contributed by atoms with van der Waals surface area (Å²) in [7, 11) is 0. The molecule has 20 heavy (non-hydrogen) atoms. The van der Waals surface area contributed by atoms with Crippen LogP contribution in [0, 0.1) is 5.82 Å². The Kier molecular flexibility index (Phi) is 4.55. The molecule has 2 rings (SSSR count). The third-order valence-corrected chi connectivity index (χ3v) is 2.75. The number of esters is 1.